The highest BCUT2D eigenvalue weighted by molar-refractivity contribution is 6.08. The Balaban J connectivity index is 3.03. The molecule has 0 fully saturated rings. The average molecular weight is 222 g/mol. The summed E-state index contributed by atoms with van der Waals surface area (Å²) in [6, 6.07) is 4.88. The van der Waals surface area contributed by atoms with Crippen LogP contribution in [0.5, 0.6) is 11.5 Å². The molecule has 4 heteroatoms. The number of carbonyl (C=O) groups is 2. The lowest BCUT2D eigenvalue weighted by atomic mass is 10.1. The Hall–Kier alpha value is -1.84. The summed E-state index contributed by atoms with van der Waals surface area (Å²) in [6.45, 7) is 1.38. The number of Topliss-reactive ketones (excluding diaryl/α,β-unsaturated/α-hetero) is 2. The van der Waals surface area contributed by atoms with Gasteiger partial charge in [0.25, 0.3) is 0 Å². The zero-order valence-electron chi connectivity index (χ0n) is 9.57. The van der Waals surface area contributed by atoms with Crippen LogP contribution in [0.3, 0.4) is 0 Å². The van der Waals surface area contributed by atoms with E-state index in [1.165, 1.54) is 21.1 Å². The van der Waals surface area contributed by atoms with Crippen LogP contribution in [0.25, 0.3) is 0 Å². The van der Waals surface area contributed by atoms with Crippen molar-refractivity contribution in [3.63, 3.8) is 0 Å². The van der Waals surface area contributed by atoms with Crippen molar-refractivity contribution in [3.05, 3.63) is 23.8 Å². The van der Waals surface area contributed by atoms with Crippen molar-refractivity contribution >= 4 is 11.6 Å². The lowest BCUT2D eigenvalue weighted by molar-refractivity contribution is -0.116. The number of rotatable bonds is 5. The summed E-state index contributed by atoms with van der Waals surface area (Å²) in [5, 5.41) is 0. The first-order chi connectivity index (χ1) is 7.58. The second-order valence-corrected chi connectivity index (χ2v) is 3.37. The van der Waals surface area contributed by atoms with Crippen LogP contribution in [0.4, 0.5) is 0 Å². The minimum atomic E-state index is -0.244. The molecule has 0 saturated heterocycles. The van der Waals surface area contributed by atoms with Gasteiger partial charge in [0.2, 0.25) is 0 Å². The van der Waals surface area contributed by atoms with E-state index in [9.17, 15) is 9.59 Å². The summed E-state index contributed by atoms with van der Waals surface area (Å²) in [7, 11) is 3.01. The number of hydrogen-bond acceptors (Lipinski definition) is 4. The maximum atomic E-state index is 11.7. The van der Waals surface area contributed by atoms with Gasteiger partial charge in [0, 0.05) is 6.07 Å². The number of benzene rings is 1. The van der Waals surface area contributed by atoms with Crippen LogP contribution in [0, 0.1) is 0 Å². The fourth-order valence-corrected chi connectivity index (χ4v) is 1.35. The normalized spacial score (nSPS) is 9.69. The van der Waals surface area contributed by atoms with E-state index < -0.39 is 0 Å². The molecule has 0 N–H and O–H groups in total. The van der Waals surface area contributed by atoms with Gasteiger partial charge in [-0.1, -0.05) is 0 Å². The summed E-state index contributed by atoms with van der Waals surface area (Å²) in [6.07, 6.45) is -0.108. The molecular weight excluding hydrogens is 208 g/mol. The second-order valence-electron chi connectivity index (χ2n) is 3.37. The van der Waals surface area contributed by atoms with Gasteiger partial charge in [-0.15, -0.1) is 0 Å². The van der Waals surface area contributed by atoms with Gasteiger partial charge >= 0.3 is 0 Å². The summed E-state index contributed by atoms with van der Waals surface area (Å²) < 4.78 is 10.1. The van der Waals surface area contributed by atoms with E-state index in [-0.39, 0.29) is 18.0 Å². The maximum Gasteiger partial charge on any atom is 0.173 e. The Bertz CT molecular complexity index is 409. The third-order valence-electron chi connectivity index (χ3n) is 2.12. The highest BCUT2D eigenvalue weighted by Gasteiger charge is 2.14. The molecular formula is C12H14O4. The molecule has 0 aliphatic heterocycles. The fourth-order valence-electron chi connectivity index (χ4n) is 1.35. The molecule has 0 aliphatic rings. The standard InChI is InChI=1S/C12H14O4/c1-8(13)6-11(14)10-5-4-9(15-2)7-12(10)16-3/h4-5,7H,6H2,1-3H3. The van der Waals surface area contributed by atoms with E-state index in [1.807, 2.05) is 0 Å². The number of methoxy groups -OCH3 is 2. The molecule has 0 amide bonds. The molecule has 86 valence electrons. The van der Waals surface area contributed by atoms with E-state index in [1.54, 1.807) is 18.2 Å². The topological polar surface area (TPSA) is 52.6 Å². The molecule has 1 rings (SSSR count). The third-order valence-corrected chi connectivity index (χ3v) is 2.12. The summed E-state index contributed by atoms with van der Waals surface area (Å²) in [5.41, 5.74) is 0.401. The highest BCUT2D eigenvalue weighted by Crippen LogP contribution is 2.25. The van der Waals surface area contributed by atoms with Gasteiger partial charge in [0.05, 0.1) is 26.2 Å². The van der Waals surface area contributed by atoms with E-state index >= 15 is 0 Å². The molecule has 1 aromatic carbocycles. The Morgan fingerprint density at radius 3 is 2.38 bits per heavy atom. The minimum Gasteiger partial charge on any atom is -0.497 e. The predicted octanol–water partition coefficient (Wildman–Crippen LogP) is 1.87. The number of hydrogen-bond donors (Lipinski definition) is 0. The molecule has 0 saturated carbocycles. The molecule has 16 heavy (non-hydrogen) atoms. The average Bonchev–Trinajstić information content (AvgIpc) is 2.27. The zero-order valence-corrected chi connectivity index (χ0v) is 9.57. The Morgan fingerprint density at radius 2 is 1.88 bits per heavy atom. The first-order valence-electron chi connectivity index (χ1n) is 4.83. The van der Waals surface area contributed by atoms with Crippen molar-refractivity contribution in [1.82, 2.24) is 0 Å². The van der Waals surface area contributed by atoms with Crippen LogP contribution in [-0.2, 0) is 4.79 Å². The van der Waals surface area contributed by atoms with Crippen molar-refractivity contribution in [1.29, 1.82) is 0 Å². The largest absolute Gasteiger partial charge is 0.497 e. The molecule has 0 aliphatic carbocycles. The third kappa shape index (κ3) is 2.82. The quantitative estimate of drug-likeness (QED) is 0.563. The molecule has 0 radical (unpaired) electrons. The molecule has 0 unspecified atom stereocenters. The van der Waals surface area contributed by atoms with Crippen LogP contribution in [0.2, 0.25) is 0 Å². The lowest BCUT2D eigenvalue weighted by Crippen LogP contribution is -2.06. The van der Waals surface area contributed by atoms with Crippen LogP contribution >= 0.6 is 0 Å². The smallest absolute Gasteiger partial charge is 0.173 e. The Kier molecular flexibility index (Phi) is 4.05. The van der Waals surface area contributed by atoms with Crippen LogP contribution < -0.4 is 9.47 Å². The van der Waals surface area contributed by atoms with Crippen molar-refractivity contribution in [2.24, 2.45) is 0 Å². The molecule has 1 aromatic rings. The molecule has 0 spiro atoms. The molecule has 0 bridgehead atoms. The van der Waals surface area contributed by atoms with Crippen LogP contribution in [0.1, 0.15) is 23.7 Å². The van der Waals surface area contributed by atoms with Gasteiger partial charge in [-0.2, -0.15) is 0 Å². The minimum absolute atomic E-state index is 0.108. The monoisotopic (exact) mass is 222 g/mol. The Labute approximate surface area is 94.2 Å². The van der Waals surface area contributed by atoms with E-state index in [2.05, 4.69) is 0 Å². The predicted molar refractivity (Wildman–Crippen MR) is 59.2 cm³/mol. The maximum absolute atomic E-state index is 11.7. The van der Waals surface area contributed by atoms with Crippen molar-refractivity contribution in [2.45, 2.75) is 13.3 Å². The lowest BCUT2D eigenvalue weighted by Gasteiger charge is -2.08. The first-order valence-corrected chi connectivity index (χ1v) is 4.83. The van der Waals surface area contributed by atoms with Gasteiger partial charge in [0.1, 0.15) is 17.3 Å². The molecule has 0 heterocycles. The summed E-state index contributed by atoms with van der Waals surface area (Å²) >= 11 is 0. The number of ether oxygens (including phenoxy) is 2. The second kappa shape index (κ2) is 5.30. The summed E-state index contributed by atoms with van der Waals surface area (Å²) in [4.78, 5) is 22.6. The van der Waals surface area contributed by atoms with Gasteiger partial charge in [-0.05, 0) is 19.1 Å². The van der Waals surface area contributed by atoms with Crippen molar-refractivity contribution < 1.29 is 19.1 Å². The van der Waals surface area contributed by atoms with E-state index in [0.717, 1.165) is 0 Å². The van der Waals surface area contributed by atoms with Crippen molar-refractivity contribution in [2.75, 3.05) is 14.2 Å². The van der Waals surface area contributed by atoms with Crippen LogP contribution in [0.15, 0.2) is 18.2 Å². The number of ketones is 2. The van der Waals surface area contributed by atoms with Gasteiger partial charge in [0.15, 0.2) is 5.78 Å². The Morgan fingerprint density at radius 1 is 1.19 bits per heavy atom. The van der Waals surface area contributed by atoms with E-state index in [4.69, 9.17) is 9.47 Å². The van der Waals surface area contributed by atoms with E-state index in [0.29, 0.717) is 17.1 Å². The van der Waals surface area contributed by atoms with Crippen LogP contribution in [-0.4, -0.2) is 25.8 Å². The van der Waals surface area contributed by atoms with Gasteiger partial charge in [-0.3, -0.25) is 9.59 Å². The SMILES string of the molecule is COc1ccc(C(=O)CC(C)=O)c(OC)c1. The summed E-state index contributed by atoms with van der Waals surface area (Å²) in [5.74, 6) is 0.622. The number of carbonyl (C=O) groups excluding carboxylic acids is 2. The zero-order chi connectivity index (χ0) is 12.1. The van der Waals surface area contributed by atoms with Crippen molar-refractivity contribution in [3.8, 4) is 11.5 Å². The first kappa shape index (κ1) is 12.2. The van der Waals surface area contributed by atoms with Gasteiger partial charge in [-0.25, -0.2) is 0 Å². The highest BCUT2D eigenvalue weighted by atomic mass is 16.5. The molecule has 4 nitrogen and oxygen atoms in total. The fraction of sp³-hybridized carbons (Fsp3) is 0.333. The molecule has 0 aromatic heterocycles. The molecule has 0 atom stereocenters. The van der Waals surface area contributed by atoms with Gasteiger partial charge < -0.3 is 9.47 Å².